The molecule has 0 spiro atoms. The molecule has 2 aromatic rings. The molecule has 0 aliphatic rings. The summed E-state index contributed by atoms with van der Waals surface area (Å²) in [6.07, 6.45) is 21.6. The summed E-state index contributed by atoms with van der Waals surface area (Å²) in [5.41, 5.74) is 2.08. The zero-order valence-electron chi connectivity index (χ0n) is 21.2. The lowest BCUT2D eigenvalue weighted by molar-refractivity contribution is 0.0952. The van der Waals surface area contributed by atoms with E-state index in [4.69, 9.17) is 4.52 Å². The van der Waals surface area contributed by atoms with Gasteiger partial charge in [0, 0.05) is 12.1 Å². The van der Waals surface area contributed by atoms with Gasteiger partial charge in [-0.1, -0.05) is 139 Å². The number of carbonyl (C=O) groups excluding carboxylic acids is 1. The highest BCUT2D eigenvalue weighted by molar-refractivity contribution is 6.00. The number of amides is 1. The first-order chi connectivity index (χ1) is 16.2. The molecule has 0 radical (unpaired) electrons. The molecule has 1 heterocycles. The molecular weight excluding hydrogens is 408 g/mol. The third-order valence-electron chi connectivity index (χ3n) is 6.45. The molecule has 2 rings (SSSR count). The molecule has 1 N–H and O–H groups in total. The number of nitrogens with zero attached hydrogens (tertiary/aromatic N) is 1. The van der Waals surface area contributed by atoms with Gasteiger partial charge in [0.15, 0.2) is 0 Å². The standard InChI is InChI=1S/C29H46N2O2/c1-3-4-5-6-7-8-9-10-11-12-13-14-15-16-17-21-24-30-29(32)27-25(2)33-31-28(27)26-22-19-18-20-23-26/h18-20,22-23H,3-17,21,24H2,1-2H3,(H,30,32). The van der Waals surface area contributed by atoms with Crippen LogP contribution in [-0.2, 0) is 0 Å². The molecule has 0 unspecified atom stereocenters. The highest BCUT2D eigenvalue weighted by Gasteiger charge is 2.20. The summed E-state index contributed by atoms with van der Waals surface area (Å²) >= 11 is 0. The monoisotopic (exact) mass is 454 g/mol. The normalized spacial score (nSPS) is 11.1. The molecule has 184 valence electrons. The fourth-order valence-corrected chi connectivity index (χ4v) is 4.40. The first kappa shape index (κ1) is 27.1. The van der Waals surface area contributed by atoms with E-state index in [-0.39, 0.29) is 5.91 Å². The average Bonchev–Trinajstić information content (AvgIpc) is 3.23. The van der Waals surface area contributed by atoms with Crippen molar-refractivity contribution in [3.05, 3.63) is 41.7 Å². The minimum absolute atomic E-state index is 0.0893. The lowest BCUT2D eigenvalue weighted by Crippen LogP contribution is -2.25. The Labute approximate surface area is 201 Å². The van der Waals surface area contributed by atoms with Crippen molar-refractivity contribution in [3.8, 4) is 11.3 Å². The molecule has 0 saturated carbocycles. The maximum absolute atomic E-state index is 12.7. The summed E-state index contributed by atoms with van der Waals surface area (Å²) in [5, 5.41) is 7.15. The van der Waals surface area contributed by atoms with Crippen LogP contribution in [0.5, 0.6) is 0 Å². The molecule has 0 aliphatic carbocycles. The topological polar surface area (TPSA) is 55.1 Å². The van der Waals surface area contributed by atoms with Crippen LogP contribution in [0.4, 0.5) is 0 Å². The van der Waals surface area contributed by atoms with Crippen LogP contribution in [0.2, 0.25) is 0 Å². The Morgan fingerprint density at radius 1 is 0.758 bits per heavy atom. The molecule has 0 bridgehead atoms. The second-order valence-corrected chi connectivity index (χ2v) is 9.39. The van der Waals surface area contributed by atoms with Crippen molar-refractivity contribution in [1.29, 1.82) is 0 Å². The van der Waals surface area contributed by atoms with E-state index in [2.05, 4.69) is 17.4 Å². The van der Waals surface area contributed by atoms with Crippen molar-refractivity contribution in [2.45, 2.75) is 117 Å². The summed E-state index contributed by atoms with van der Waals surface area (Å²) in [4.78, 5) is 12.7. The maximum atomic E-state index is 12.7. The number of nitrogens with one attached hydrogen (secondary N) is 1. The first-order valence-corrected chi connectivity index (χ1v) is 13.5. The van der Waals surface area contributed by atoms with E-state index in [1.54, 1.807) is 6.92 Å². The molecule has 33 heavy (non-hydrogen) atoms. The SMILES string of the molecule is CCCCCCCCCCCCCCCCCCNC(=O)c1c(-c2ccccc2)noc1C. The van der Waals surface area contributed by atoms with E-state index in [9.17, 15) is 4.79 Å². The van der Waals surface area contributed by atoms with Gasteiger partial charge in [-0.2, -0.15) is 0 Å². The number of aryl methyl sites for hydroxylation is 1. The van der Waals surface area contributed by atoms with Gasteiger partial charge in [-0.15, -0.1) is 0 Å². The Hall–Kier alpha value is -2.10. The highest BCUT2D eigenvalue weighted by Crippen LogP contribution is 2.24. The lowest BCUT2D eigenvalue weighted by atomic mass is 10.0. The number of aromatic nitrogens is 1. The van der Waals surface area contributed by atoms with Gasteiger partial charge in [-0.05, 0) is 13.3 Å². The predicted molar refractivity (Wildman–Crippen MR) is 139 cm³/mol. The van der Waals surface area contributed by atoms with Crippen molar-refractivity contribution in [2.24, 2.45) is 0 Å². The van der Waals surface area contributed by atoms with Crippen LogP contribution >= 0.6 is 0 Å². The number of hydrogen-bond acceptors (Lipinski definition) is 3. The zero-order valence-corrected chi connectivity index (χ0v) is 21.2. The zero-order chi connectivity index (χ0) is 23.6. The fraction of sp³-hybridized carbons (Fsp3) is 0.655. The third kappa shape index (κ3) is 11.0. The van der Waals surface area contributed by atoms with Crippen LogP contribution in [0, 0.1) is 6.92 Å². The van der Waals surface area contributed by atoms with Gasteiger partial charge in [-0.25, -0.2) is 0 Å². The van der Waals surface area contributed by atoms with E-state index < -0.39 is 0 Å². The van der Waals surface area contributed by atoms with Gasteiger partial charge in [0.2, 0.25) is 0 Å². The molecule has 1 amide bonds. The van der Waals surface area contributed by atoms with Gasteiger partial charge in [-0.3, -0.25) is 4.79 Å². The highest BCUT2D eigenvalue weighted by atomic mass is 16.5. The predicted octanol–water partition coefficient (Wildman–Crippen LogP) is 8.64. The minimum atomic E-state index is -0.0893. The van der Waals surface area contributed by atoms with Gasteiger partial charge < -0.3 is 9.84 Å². The average molecular weight is 455 g/mol. The minimum Gasteiger partial charge on any atom is -0.360 e. The van der Waals surface area contributed by atoms with Crippen LogP contribution in [0.15, 0.2) is 34.9 Å². The Morgan fingerprint density at radius 2 is 1.24 bits per heavy atom. The number of benzene rings is 1. The molecular formula is C29H46N2O2. The van der Waals surface area contributed by atoms with Crippen LogP contribution in [0.25, 0.3) is 11.3 Å². The van der Waals surface area contributed by atoms with Crippen molar-refractivity contribution in [3.63, 3.8) is 0 Å². The van der Waals surface area contributed by atoms with E-state index >= 15 is 0 Å². The summed E-state index contributed by atoms with van der Waals surface area (Å²) < 4.78 is 5.30. The molecule has 4 nitrogen and oxygen atoms in total. The lowest BCUT2D eigenvalue weighted by Gasteiger charge is -2.06. The van der Waals surface area contributed by atoms with E-state index in [1.807, 2.05) is 30.3 Å². The van der Waals surface area contributed by atoms with Crippen LogP contribution in [-0.4, -0.2) is 17.6 Å². The van der Waals surface area contributed by atoms with Crippen molar-refractivity contribution in [2.75, 3.05) is 6.54 Å². The van der Waals surface area contributed by atoms with Gasteiger partial charge in [0.05, 0.1) is 0 Å². The van der Waals surface area contributed by atoms with Gasteiger partial charge in [0.1, 0.15) is 17.0 Å². The summed E-state index contributed by atoms with van der Waals surface area (Å²) in [6, 6.07) is 9.73. The van der Waals surface area contributed by atoms with Crippen molar-refractivity contribution in [1.82, 2.24) is 10.5 Å². The van der Waals surface area contributed by atoms with Gasteiger partial charge >= 0.3 is 0 Å². The summed E-state index contributed by atoms with van der Waals surface area (Å²) in [7, 11) is 0. The second kappa shape index (κ2) is 17.4. The largest absolute Gasteiger partial charge is 0.360 e. The molecule has 1 aromatic heterocycles. The molecule has 0 fully saturated rings. The second-order valence-electron chi connectivity index (χ2n) is 9.39. The molecule has 0 saturated heterocycles. The van der Waals surface area contributed by atoms with E-state index in [0.29, 0.717) is 23.6 Å². The Kier molecular flexibility index (Phi) is 14.3. The first-order valence-electron chi connectivity index (χ1n) is 13.5. The Bertz CT molecular complexity index is 754. The fourth-order valence-electron chi connectivity index (χ4n) is 4.40. The number of unbranched alkanes of at least 4 members (excludes halogenated alkanes) is 15. The molecule has 0 atom stereocenters. The van der Waals surface area contributed by atoms with Crippen LogP contribution < -0.4 is 5.32 Å². The number of carbonyl (C=O) groups is 1. The number of rotatable bonds is 19. The molecule has 1 aromatic carbocycles. The molecule has 0 aliphatic heterocycles. The Balaban J connectivity index is 1.44. The quantitative estimate of drug-likeness (QED) is 0.216. The van der Waals surface area contributed by atoms with Crippen molar-refractivity contribution < 1.29 is 9.32 Å². The summed E-state index contributed by atoms with van der Waals surface area (Å²) in [5.74, 6) is 0.479. The van der Waals surface area contributed by atoms with E-state index in [0.717, 1.165) is 12.0 Å². The van der Waals surface area contributed by atoms with Crippen LogP contribution in [0.3, 0.4) is 0 Å². The van der Waals surface area contributed by atoms with Crippen molar-refractivity contribution >= 4 is 5.91 Å². The third-order valence-corrected chi connectivity index (χ3v) is 6.45. The smallest absolute Gasteiger partial charge is 0.257 e. The Morgan fingerprint density at radius 3 is 1.76 bits per heavy atom. The number of hydrogen-bond donors (Lipinski definition) is 1. The summed E-state index contributed by atoms with van der Waals surface area (Å²) in [6.45, 7) is 4.78. The van der Waals surface area contributed by atoms with Gasteiger partial charge in [0.25, 0.3) is 5.91 Å². The van der Waals surface area contributed by atoms with E-state index in [1.165, 1.54) is 96.3 Å². The van der Waals surface area contributed by atoms with Crippen LogP contribution in [0.1, 0.15) is 126 Å². The molecule has 4 heteroatoms. The maximum Gasteiger partial charge on any atom is 0.257 e.